The summed E-state index contributed by atoms with van der Waals surface area (Å²) in [5.74, 6) is 2.04. The van der Waals surface area contributed by atoms with Gasteiger partial charge in [0.05, 0.1) is 12.1 Å². The third kappa shape index (κ3) is 4.43. The molecule has 0 unspecified atom stereocenters. The van der Waals surface area contributed by atoms with Crippen molar-refractivity contribution in [3.8, 4) is 5.75 Å². The number of carbonyl (C=O) groups is 1. The number of methoxy groups -OCH3 is 1. The van der Waals surface area contributed by atoms with Gasteiger partial charge in [-0.1, -0.05) is 53.7 Å². The minimum Gasteiger partial charge on any atom is -0.495 e. The Morgan fingerprint density at radius 2 is 1.94 bits per heavy atom. The average Bonchev–Trinajstić information content (AvgIpc) is 3.71. The molecule has 5 rings (SSSR count). The van der Waals surface area contributed by atoms with Crippen molar-refractivity contribution in [2.75, 3.05) is 12.4 Å². The lowest BCUT2D eigenvalue weighted by Crippen LogP contribution is -2.19. The van der Waals surface area contributed by atoms with E-state index in [2.05, 4.69) is 20.1 Å². The Morgan fingerprint density at radius 1 is 1.16 bits per heavy atom. The highest BCUT2D eigenvalue weighted by molar-refractivity contribution is 8.00. The summed E-state index contributed by atoms with van der Waals surface area (Å²) in [6.45, 7) is 0. The van der Waals surface area contributed by atoms with Crippen LogP contribution in [0.5, 0.6) is 5.75 Å². The van der Waals surface area contributed by atoms with E-state index in [1.165, 1.54) is 24.6 Å². The maximum absolute atomic E-state index is 13.4. The van der Waals surface area contributed by atoms with E-state index in [9.17, 15) is 4.79 Å². The van der Waals surface area contributed by atoms with Gasteiger partial charge in [-0.25, -0.2) is 0 Å². The molecular weight excluding hydrogens is 432 g/mol. The number of carbonyl (C=O) groups excluding carboxylic acids is 1. The Hall–Kier alpha value is -2.51. The van der Waals surface area contributed by atoms with E-state index in [1.807, 2.05) is 30.3 Å². The van der Waals surface area contributed by atoms with Crippen molar-refractivity contribution in [3.05, 3.63) is 64.9 Å². The Kier molecular flexibility index (Phi) is 5.63. The second kappa shape index (κ2) is 8.55. The second-order valence-corrected chi connectivity index (χ2v) is 9.44. The molecule has 1 heterocycles. The highest BCUT2D eigenvalue weighted by Gasteiger charge is 2.37. The van der Waals surface area contributed by atoms with E-state index in [4.69, 9.17) is 16.3 Å². The Bertz CT molecular complexity index is 1100. The maximum atomic E-state index is 13.4. The summed E-state index contributed by atoms with van der Waals surface area (Å²) in [5.41, 5.74) is 1.54. The van der Waals surface area contributed by atoms with Gasteiger partial charge < -0.3 is 14.6 Å². The van der Waals surface area contributed by atoms with Crippen LogP contribution < -0.4 is 10.1 Å². The van der Waals surface area contributed by atoms with Gasteiger partial charge in [0.2, 0.25) is 5.91 Å². The predicted molar refractivity (Wildman–Crippen MR) is 122 cm³/mol. The minimum atomic E-state index is -0.462. The fraction of sp³-hybridized carbons (Fsp3) is 0.348. The molecule has 2 saturated carbocycles. The van der Waals surface area contributed by atoms with Gasteiger partial charge in [-0.05, 0) is 49.4 Å². The molecule has 1 N–H and O–H groups in total. The van der Waals surface area contributed by atoms with Crippen LogP contribution in [0.15, 0.2) is 53.7 Å². The van der Waals surface area contributed by atoms with Crippen LogP contribution in [0.1, 0.15) is 54.3 Å². The van der Waals surface area contributed by atoms with Gasteiger partial charge in [-0.3, -0.25) is 4.79 Å². The highest BCUT2D eigenvalue weighted by atomic mass is 35.5. The van der Waals surface area contributed by atoms with Crippen LogP contribution in [0.25, 0.3) is 0 Å². The average molecular weight is 455 g/mol. The van der Waals surface area contributed by atoms with Crippen LogP contribution in [0.3, 0.4) is 0 Å². The lowest BCUT2D eigenvalue weighted by atomic mass is 10.1. The first-order valence-electron chi connectivity index (χ1n) is 10.4. The summed E-state index contributed by atoms with van der Waals surface area (Å²) in [6.07, 6.45) is 4.66. The number of thioether (sulfide) groups is 1. The van der Waals surface area contributed by atoms with Gasteiger partial charge in [-0.2, -0.15) is 0 Å². The van der Waals surface area contributed by atoms with Crippen molar-refractivity contribution in [1.29, 1.82) is 0 Å². The Labute approximate surface area is 190 Å². The van der Waals surface area contributed by atoms with Crippen LogP contribution in [0.2, 0.25) is 5.02 Å². The molecule has 1 atom stereocenters. The molecule has 1 amide bonds. The van der Waals surface area contributed by atoms with E-state index >= 15 is 0 Å². The summed E-state index contributed by atoms with van der Waals surface area (Å²) in [4.78, 5) is 13.4. The molecule has 2 aliphatic rings. The number of ether oxygens (including phenoxy) is 1. The zero-order valence-electron chi connectivity index (χ0n) is 17.1. The van der Waals surface area contributed by atoms with Crippen molar-refractivity contribution in [2.24, 2.45) is 0 Å². The second-order valence-electron chi connectivity index (χ2n) is 7.96. The van der Waals surface area contributed by atoms with Gasteiger partial charge in [0, 0.05) is 17.6 Å². The van der Waals surface area contributed by atoms with Crippen LogP contribution in [-0.2, 0) is 4.79 Å². The van der Waals surface area contributed by atoms with Crippen molar-refractivity contribution < 1.29 is 9.53 Å². The smallest absolute Gasteiger partial charge is 0.242 e. The SMILES string of the molecule is COc1ccc(NC(=O)[C@@H](Sc2nnc(C3CC3)n2C2CC2)c2ccccc2)cc1Cl. The van der Waals surface area contributed by atoms with Crippen LogP contribution >= 0.6 is 23.4 Å². The lowest BCUT2D eigenvalue weighted by molar-refractivity contribution is -0.115. The molecular formula is C23H23ClN4O2S. The summed E-state index contributed by atoms with van der Waals surface area (Å²) >= 11 is 7.70. The molecule has 0 saturated heterocycles. The standard InChI is InChI=1S/C23H23ClN4O2S/c1-30-19-12-9-16(13-18(19)24)25-22(29)20(14-5-3-2-4-6-14)31-23-27-26-21(15-7-8-15)28(23)17-10-11-17/h2-6,9,12-13,15,17,20H,7-8,10-11H2,1H3,(H,25,29)/t20-/m0/s1. The molecule has 0 spiro atoms. The van der Waals surface area contributed by atoms with Crippen molar-refractivity contribution in [2.45, 2.75) is 48.0 Å². The van der Waals surface area contributed by atoms with Crippen molar-refractivity contribution in [1.82, 2.24) is 14.8 Å². The van der Waals surface area contributed by atoms with E-state index in [-0.39, 0.29) is 5.91 Å². The third-order valence-corrected chi connectivity index (χ3v) is 7.03. The molecule has 0 aliphatic heterocycles. The van der Waals surface area contributed by atoms with E-state index in [0.29, 0.717) is 28.4 Å². The van der Waals surface area contributed by atoms with Gasteiger partial charge >= 0.3 is 0 Å². The topological polar surface area (TPSA) is 69.0 Å². The molecule has 31 heavy (non-hydrogen) atoms. The fourth-order valence-electron chi connectivity index (χ4n) is 3.62. The normalized spacial score (nSPS) is 16.7. The number of nitrogens with zero attached hydrogens (tertiary/aromatic N) is 3. The first-order valence-corrected chi connectivity index (χ1v) is 11.7. The van der Waals surface area contributed by atoms with Crippen molar-refractivity contribution >= 4 is 35.0 Å². The van der Waals surface area contributed by atoms with Crippen molar-refractivity contribution in [3.63, 3.8) is 0 Å². The van der Waals surface area contributed by atoms with Gasteiger partial charge in [0.15, 0.2) is 5.16 Å². The monoisotopic (exact) mass is 454 g/mol. The molecule has 6 nitrogen and oxygen atoms in total. The summed E-state index contributed by atoms with van der Waals surface area (Å²) < 4.78 is 7.48. The number of rotatable bonds is 8. The first kappa shape index (κ1) is 20.4. The van der Waals surface area contributed by atoms with Gasteiger partial charge in [0.25, 0.3) is 0 Å². The summed E-state index contributed by atoms with van der Waals surface area (Å²) in [5, 5.41) is 12.8. The fourth-order valence-corrected chi connectivity index (χ4v) is 4.99. The zero-order valence-corrected chi connectivity index (χ0v) is 18.7. The van der Waals surface area contributed by atoms with E-state index < -0.39 is 5.25 Å². The van der Waals surface area contributed by atoms with Gasteiger partial charge in [0.1, 0.15) is 16.8 Å². The maximum Gasteiger partial charge on any atom is 0.242 e. The third-order valence-electron chi connectivity index (χ3n) is 5.53. The van der Waals surface area contributed by atoms with Crippen LogP contribution in [0.4, 0.5) is 5.69 Å². The molecule has 160 valence electrons. The summed E-state index contributed by atoms with van der Waals surface area (Å²) in [7, 11) is 1.56. The van der Waals surface area contributed by atoms with Crippen LogP contribution in [0, 0.1) is 0 Å². The number of hydrogen-bond acceptors (Lipinski definition) is 5. The van der Waals surface area contributed by atoms with Crippen LogP contribution in [-0.4, -0.2) is 27.8 Å². The first-order chi connectivity index (χ1) is 15.1. The molecule has 2 aliphatic carbocycles. The number of anilines is 1. The number of halogens is 1. The number of nitrogens with one attached hydrogen (secondary N) is 1. The number of aromatic nitrogens is 3. The highest BCUT2D eigenvalue weighted by Crippen LogP contribution is 2.47. The molecule has 0 radical (unpaired) electrons. The molecule has 8 heteroatoms. The largest absolute Gasteiger partial charge is 0.495 e. The molecule has 2 fully saturated rings. The lowest BCUT2D eigenvalue weighted by Gasteiger charge is -2.18. The summed E-state index contributed by atoms with van der Waals surface area (Å²) in [6, 6.07) is 15.5. The van der Waals surface area contributed by atoms with E-state index in [1.54, 1.807) is 25.3 Å². The predicted octanol–water partition coefficient (Wildman–Crippen LogP) is 5.62. The molecule has 3 aromatic rings. The molecule has 1 aromatic heterocycles. The van der Waals surface area contributed by atoms with E-state index in [0.717, 1.165) is 29.4 Å². The van der Waals surface area contributed by atoms with Gasteiger partial charge in [-0.15, -0.1) is 10.2 Å². The molecule has 0 bridgehead atoms. The zero-order chi connectivity index (χ0) is 21.4. The number of benzene rings is 2. The number of amides is 1. The Morgan fingerprint density at radius 3 is 2.58 bits per heavy atom. The molecule has 2 aromatic carbocycles. The number of hydrogen-bond donors (Lipinski definition) is 1. The quantitative estimate of drug-likeness (QED) is 0.447. The minimum absolute atomic E-state index is 0.129. The Balaban J connectivity index is 1.43.